The molecule has 0 aliphatic carbocycles. The lowest BCUT2D eigenvalue weighted by atomic mass is 10.0. The normalized spacial score (nSPS) is 13.7. The maximum atomic E-state index is 12.8. The molecule has 0 saturated heterocycles. The Morgan fingerprint density at radius 3 is 0.863 bits per heavy atom. The molecule has 0 aromatic heterocycles. The minimum atomic E-state index is -4.41. The molecule has 0 spiro atoms. The Hall–Kier alpha value is -4.11. The smallest absolute Gasteiger partial charge is 0.462 e. The molecule has 0 bridgehead atoms. The molecule has 0 fully saturated rings. The number of carbonyl (C=O) groups is 2. The summed E-state index contributed by atoms with van der Waals surface area (Å²) in [5.41, 5.74) is 5.41. The van der Waals surface area contributed by atoms with Crippen LogP contribution in [0.25, 0.3) is 0 Å². The van der Waals surface area contributed by atoms with Crippen molar-refractivity contribution in [2.45, 2.75) is 354 Å². The molecule has 0 aliphatic rings. The highest BCUT2D eigenvalue weighted by Crippen LogP contribution is 2.43. The van der Waals surface area contributed by atoms with Crippen LogP contribution in [-0.4, -0.2) is 49.3 Å². The molecular formula is C85H146NO8P. The Labute approximate surface area is 586 Å². The molecule has 0 aromatic rings. The van der Waals surface area contributed by atoms with Crippen molar-refractivity contribution < 1.29 is 37.6 Å². The van der Waals surface area contributed by atoms with E-state index >= 15 is 0 Å². The standard InChI is InChI=1S/C85H146NO8P/c1-3-5-7-9-11-13-15-17-19-21-23-25-27-29-31-33-35-37-39-41-43-45-47-49-51-53-55-57-59-61-63-65-67-69-71-73-75-77-84(87)91-81-83(82-93-95(89,90)92-80-79-86)94-85(88)78-76-74-72-70-68-66-64-62-60-58-56-54-52-50-48-46-44-42-40-38-36-34-32-30-28-26-24-22-20-18-16-14-12-10-8-6-4-2/h6,8,12,14-15,17-18,20-21,23-24,26,30,32,36,38,42,44,48,50,54,56,60,62,83H,3-5,7,9-11,13,16,19,22,25,27-29,31,33-35,37,39-41,43,45-47,49,51-53,55,57-59,61,63-82,86H2,1-2H3,(H,89,90)/b8-6-,14-12-,17-15-,20-18-,23-21-,26-24-,32-30-,38-36-,44-42-,50-48-,56-54-,62-60-. The summed E-state index contributed by atoms with van der Waals surface area (Å²) in [6.45, 7) is 3.63. The number of phosphoric acid groups is 1. The largest absolute Gasteiger partial charge is 0.472 e. The van der Waals surface area contributed by atoms with Crippen LogP contribution in [0.2, 0.25) is 0 Å². The summed E-state index contributed by atoms with van der Waals surface area (Å²) >= 11 is 0. The van der Waals surface area contributed by atoms with E-state index in [1.807, 2.05) is 0 Å². The third-order valence-corrected chi connectivity index (χ3v) is 17.7. The first-order valence-corrected chi connectivity index (χ1v) is 40.8. The van der Waals surface area contributed by atoms with Crippen LogP contribution in [0.1, 0.15) is 348 Å². The lowest BCUT2D eigenvalue weighted by Crippen LogP contribution is -2.29. The number of ether oxygens (including phenoxy) is 2. The summed E-state index contributed by atoms with van der Waals surface area (Å²) in [6.07, 6.45) is 114. The summed E-state index contributed by atoms with van der Waals surface area (Å²) in [4.78, 5) is 35.4. The van der Waals surface area contributed by atoms with Crippen LogP contribution in [0.3, 0.4) is 0 Å². The van der Waals surface area contributed by atoms with E-state index in [9.17, 15) is 19.0 Å². The second-order valence-electron chi connectivity index (χ2n) is 25.8. The Kier molecular flexibility index (Phi) is 75.5. The highest BCUT2D eigenvalue weighted by Gasteiger charge is 2.26. The molecule has 10 heteroatoms. The molecule has 0 rings (SSSR count). The van der Waals surface area contributed by atoms with Gasteiger partial charge in [-0.05, 0) is 122 Å². The van der Waals surface area contributed by atoms with Gasteiger partial charge in [-0.2, -0.15) is 0 Å². The number of rotatable bonds is 73. The van der Waals surface area contributed by atoms with E-state index in [-0.39, 0.29) is 38.6 Å². The fourth-order valence-electron chi connectivity index (χ4n) is 10.9. The molecule has 0 heterocycles. The van der Waals surface area contributed by atoms with Crippen LogP contribution in [0, 0.1) is 0 Å². The number of esters is 2. The van der Waals surface area contributed by atoms with Crippen molar-refractivity contribution in [2.75, 3.05) is 26.4 Å². The fraction of sp³-hybridized carbons (Fsp3) is 0.694. The zero-order chi connectivity index (χ0) is 68.6. The maximum absolute atomic E-state index is 12.8. The maximum Gasteiger partial charge on any atom is 0.472 e. The lowest BCUT2D eigenvalue weighted by Gasteiger charge is -2.19. The van der Waals surface area contributed by atoms with Crippen LogP contribution in [0.4, 0.5) is 0 Å². The monoisotopic (exact) mass is 1340 g/mol. The Balaban J connectivity index is 3.89. The second kappa shape index (κ2) is 78.9. The van der Waals surface area contributed by atoms with Crippen LogP contribution in [0.15, 0.2) is 146 Å². The van der Waals surface area contributed by atoms with Crippen molar-refractivity contribution >= 4 is 19.8 Å². The van der Waals surface area contributed by atoms with E-state index in [2.05, 4.69) is 160 Å². The predicted octanol–water partition coefficient (Wildman–Crippen LogP) is 26.5. The van der Waals surface area contributed by atoms with Gasteiger partial charge in [-0.1, -0.05) is 359 Å². The van der Waals surface area contributed by atoms with Gasteiger partial charge in [0.15, 0.2) is 6.10 Å². The molecule has 0 saturated carbocycles. The topological polar surface area (TPSA) is 134 Å². The second-order valence-corrected chi connectivity index (χ2v) is 27.3. The van der Waals surface area contributed by atoms with Crippen LogP contribution < -0.4 is 5.73 Å². The summed E-state index contributed by atoms with van der Waals surface area (Å²) < 4.78 is 33.2. The molecule has 2 unspecified atom stereocenters. The summed E-state index contributed by atoms with van der Waals surface area (Å²) in [6, 6.07) is 0. The number of hydrogen-bond donors (Lipinski definition) is 2. The van der Waals surface area contributed by atoms with Gasteiger partial charge < -0.3 is 20.1 Å². The fourth-order valence-corrected chi connectivity index (χ4v) is 11.7. The summed E-state index contributed by atoms with van der Waals surface area (Å²) in [5.74, 6) is -0.840. The van der Waals surface area contributed by atoms with Crippen molar-refractivity contribution in [1.82, 2.24) is 0 Å². The number of allylic oxidation sites excluding steroid dienone is 24. The molecule has 0 amide bonds. The Bertz CT molecular complexity index is 2080. The van der Waals surface area contributed by atoms with Gasteiger partial charge in [0.25, 0.3) is 0 Å². The first-order valence-electron chi connectivity index (χ1n) is 39.3. The predicted molar refractivity (Wildman–Crippen MR) is 413 cm³/mol. The van der Waals surface area contributed by atoms with Crippen molar-refractivity contribution in [2.24, 2.45) is 5.73 Å². The van der Waals surface area contributed by atoms with E-state index in [0.717, 1.165) is 128 Å². The molecule has 3 N–H and O–H groups in total. The van der Waals surface area contributed by atoms with Crippen LogP contribution in [-0.2, 0) is 32.7 Å². The Morgan fingerprint density at radius 2 is 0.579 bits per heavy atom. The van der Waals surface area contributed by atoms with Gasteiger partial charge in [-0.15, -0.1) is 0 Å². The van der Waals surface area contributed by atoms with Gasteiger partial charge in [0.05, 0.1) is 13.2 Å². The third kappa shape index (κ3) is 78.8. The van der Waals surface area contributed by atoms with E-state index in [1.165, 1.54) is 186 Å². The molecule has 544 valence electrons. The van der Waals surface area contributed by atoms with E-state index in [0.29, 0.717) is 6.42 Å². The van der Waals surface area contributed by atoms with E-state index in [4.69, 9.17) is 24.3 Å². The van der Waals surface area contributed by atoms with Crippen molar-refractivity contribution in [3.63, 3.8) is 0 Å². The quantitative estimate of drug-likeness (QED) is 0.0264. The number of hydrogen-bond acceptors (Lipinski definition) is 8. The highest BCUT2D eigenvalue weighted by atomic mass is 31.2. The van der Waals surface area contributed by atoms with Crippen LogP contribution in [0.5, 0.6) is 0 Å². The van der Waals surface area contributed by atoms with Crippen molar-refractivity contribution in [3.8, 4) is 0 Å². The van der Waals surface area contributed by atoms with Crippen molar-refractivity contribution in [3.05, 3.63) is 146 Å². The summed E-state index contributed by atoms with van der Waals surface area (Å²) in [5, 5.41) is 0. The van der Waals surface area contributed by atoms with Gasteiger partial charge in [-0.25, -0.2) is 4.57 Å². The molecule has 0 radical (unpaired) electrons. The number of nitrogens with two attached hydrogens (primary N) is 1. The molecule has 95 heavy (non-hydrogen) atoms. The number of carbonyl (C=O) groups excluding carboxylic acids is 2. The molecule has 0 aliphatic heterocycles. The minimum Gasteiger partial charge on any atom is -0.462 e. The lowest BCUT2D eigenvalue weighted by molar-refractivity contribution is -0.161. The molecule has 0 aromatic carbocycles. The van der Waals surface area contributed by atoms with Gasteiger partial charge >= 0.3 is 19.8 Å². The third-order valence-electron chi connectivity index (χ3n) is 16.7. The van der Waals surface area contributed by atoms with Gasteiger partial charge in [0, 0.05) is 19.4 Å². The van der Waals surface area contributed by atoms with E-state index in [1.54, 1.807) is 0 Å². The van der Waals surface area contributed by atoms with Crippen molar-refractivity contribution in [1.29, 1.82) is 0 Å². The minimum absolute atomic E-state index is 0.0453. The van der Waals surface area contributed by atoms with Gasteiger partial charge in [0.2, 0.25) is 0 Å². The first kappa shape index (κ1) is 90.9. The average molecular weight is 1340 g/mol. The average Bonchev–Trinajstić information content (AvgIpc) is 2.64. The Morgan fingerprint density at radius 1 is 0.326 bits per heavy atom. The van der Waals surface area contributed by atoms with Crippen LogP contribution >= 0.6 is 7.82 Å². The number of phosphoric ester groups is 1. The van der Waals surface area contributed by atoms with E-state index < -0.39 is 26.5 Å². The summed E-state index contributed by atoms with van der Waals surface area (Å²) in [7, 11) is -4.41. The number of unbranched alkanes of at least 4 members (excludes halogenated alkanes) is 36. The zero-order valence-electron chi connectivity index (χ0n) is 61.4. The zero-order valence-corrected chi connectivity index (χ0v) is 62.3. The van der Waals surface area contributed by atoms with Gasteiger partial charge in [0.1, 0.15) is 6.61 Å². The highest BCUT2D eigenvalue weighted by molar-refractivity contribution is 7.47. The SMILES string of the molecule is CC/C=C\C/C=C\C/C=C\C/C=C\C/C=C\C/C=C\C/C=C\C/C=C\C/C=C\C/C=C\CCCCCCCCC(=O)OC(COC(=O)CCCCCCCCCCCCCCCCCCCCCCCCCCC/C=C\C/C=C\CCCCCCC)COP(=O)(O)OCCN. The first-order chi connectivity index (χ1) is 46.8. The molecule has 9 nitrogen and oxygen atoms in total. The van der Waals surface area contributed by atoms with Gasteiger partial charge in [-0.3, -0.25) is 18.6 Å². The molecule has 2 atom stereocenters. The molecular weight excluding hydrogens is 1190 g/mol.